The largest absolute Gasteiger partial charge is 0.383 e. The van der Waals surface area contributed by atoms with Gasteiger partial charge in [-0.05, 0) is 22.6 Å². The number of methoxy groups -OCH3 is 1. The van der Waals surface area contributed by atoms with Gasteiger partial charge < -0.3 is 9.64 Å². The van der Waals surface area contributed by atoms with Gasteiger partial charge in [0.05, 0.1) is 13.2 Å². The number of halogens is 2. The summed E-state index contributed by atoms with van der Waals surface area (Å²) in [7, 11) is 1.47. The molecule has 0 saturated carbocycles. The number of carbonyl (C=O) groups is 1. The average molecular weight is 325 g/mol. The average Bonchev–Trinajstić information content (AvgIpc) is 2.48. The first-order valence-electron chi connectivity index (χ1n) is 7.58. The van der Waals surface area contributed by atoms with E-state index in [0.29, 0.717) is 0 Å². The van der Waals surface area contributed by atoms with Crippen LogP contribution in [-0.2, 0) is 14.9 Å². The third-order valence-corrected chi connectivity index (χ3v) is 3.43. The van der Waals surface area contributed by atoms with E-state index in [9.17, 15) is 13.6 Å². The molecule has 1 aromatic carbocycles. The molecule has 0 aliphatic heterocycles. The van der Waals surface area contributed by atoms with Crippen molar-refractivity contribution in [2.45, 2.75) is 32.6 Å². The van der Waals surface area contributed by atoms with Gasteiger partial charge >= 0.3 is 0 Å². The van der Waals surface area contributed by atoms with Crippen molar-refractivity contribution in [2.75, 3.05) is 26.8 Å². The molecule has 128 valence electrons. The van der Waals surface area contributed by atoms with E-state index in [1.807, 2.05) is 24.3 Å². The summed E-state index contributed by atoms with van der Waals surface area (Å²) in [5, 5.41) is 0. The lowest BCUT2D eigenvalue weighted by molar-refractivity contribution is -0.128. The zero-order chi connectivity index (χ0) is 17.5. The van der Waals surface area contributed by atoms with E-state index < -0.39 is 18.9 Å². The quantitative estimate of drug-likeness (QED) is 0.715. The Morgan fingerprint density at radius 1 is 1.26 bits per heavy atom. The van der Waals surface area contributed by atoms with Crippen molar-refractivity contribution < 1.29 is 18.3 Å². The van der Waals surface area contributed by atoms with Crippen molar-refractivity contribution in [1.29, 1.82) is 0 Å². The van der Waals surface area contributed by atoms with Crippen molar-refractivity contribution in [3.8, 4) is 0 Å². The Hall–Kier alpha value is -1.75. The molecule has 0 aromatic heterocycles. The molecule has 0 saturated heterocycles. The maximum absolute atomic E-state index is 12.5. The molecule has 0 bridgehead atoms. The summed E-state index contributed by atoms with van der Waals surface area (Å²) in [5.74, 6) is -0.442. The standard InChI is InChI=1S/C18H25F2NO2/c1-18(2,3)15-8-5-14(6-9-15)7-10-17(22)21(11-12-23-4)13-16(19)20/h5-10,16H,11-13H2,1-4H3/b10-7+. The fourth-order valence-corrected chi connectivity index (χ4v) is 2.03. The van der Waals surface area contributed by atoms with Crippen LogP contribution in [0, 0.1) is 0 Å². The lowest BCUT2D eigenvalue weighted by atomic mass is 9.87. The zero-order valence-electron chi connectivity index (χ0n) is 14.2. The van der Waals surface area contributed by atoms with Gasteiger partial charge in [0.25, 0.3) is 6.43 Å². The second-order valence-electron chi connectivity index (χ2n) is 6.37. The van der Waals surface area contributed by atoms with Crippen LogP contribution >= 0.6 is 0 Å². The van der Waals surface area contributed by atoms with Gasteiger partial charge in [-0.3, -0.25) is 4.79 Å². The summed E-state index contributed by atoms with van der Waals surface area (Å²) in [6.45, 7) is 6.16. The molecule has 0 spiro atoms. The Morgan fingerprint density at radius 2 is 1.87 bits per heavy atom. The maximum atomic E-state index is 12.5. The number of rotatable bonds is 7. The summed E-state index contributed by atoms with van der Waals surface area (Å²) in [4.78, 5) is 13.1. The molecular weight excluding hydrogens is 300 g/mol. The number of ether oxygens (including phenoxy) is 1. The zero-order valence-corrected chi connectivity index (χ0v) is 14.2. The highest BCUT2D eigenvalue weighted by Crippen LogP contribution is 2.22. The van der Waals surface area contributed by atoms with Gasteiger partial charge in [-0.25, -0.2) is 8.78 Å². The molecule has 1 rings (SSSR count). The normalized spacial score (nSPS) is 12.1. The van der Waals surface area contributed by atoms with Gasteiger partial charge in [0.1, 0.15) is 0 Å². The predicted molar refractivity (Wildman–Crippen MR) is 88.6 cm³/mol. The third kappa shape index (κ3) is 6.91. The SMILES string of the molecule is COCCN(CC(F)F)C(=O)/C=C/c1ccc(C(C)(C)C)cc1. The molecule has 1 amide bonds. The van der Waals surface area contributed by atoms with Crippen LogP contribution in [0.5, 0.6) is 0 Å². The fraction of sp³-hybridized carbons (Fsp3) is 0.500. The summed E-state index contributed by atoms with van der Waals surface area (Å²) in [5.41, 5.74) is 2.11. The van der Waals surface area contributed by atoms with Gasteiger partial charge in [0, 0.05) is 19.7 Å². The fourth-order valence-electron chi connectivity index (χ4n) is 2.03. The second-order valence-corrected chi connectivity index (χ2v) is 6.37. The third-order valence-electron chi connectivity index (χ3n) is 3.43. The number of carbonyl (C=O) groups excluding carboxylic acids is 1. The molecule has 0 atom stereocenters. The number of amides is 1. The Labute approximate surface area is 136 Å². The van der Waals surface area contributed by atoms with Crippen LogP contribution in [0.3, 0.4) is 0 Å². The van der Waals surface area contributed by atoms with Gasteiger partial charge in [-0.1, -0.05) is 45.0 Å². The second kappa shape index (κ2) is 8.77. The van der Waals surface area contributed by atoms with E-state index in [1.54, 1.807) is 6.08 Å². The molecule has 5 heteroatoms. The van der Waals surface area contributed by atoms with E-state index in [2.05, 4.69) is 20.8 Å². The summed E-state index contributed by atoms with van der Waals surface area (Å²) >= 11 is 0. The summed E-state index contributed by atoms with van der Waals surface area (Å²) in [6, 6.07) is 7.84. The highest BCUT2D eigenvalue weighted by atomic mass is 19.3. The predicted octanol–water partition coefficient (Wildman–Crippen LogP) is 3.74. The topological polar surface area (TPSA) is 29.5 Å². The minimum atomic E-state index is -2.56. The van der Waals surface area contributed by atoms with Gasteiger partial charge in [0.2, 0.25) is 5.91 Å². The lowest BCUT2D eigenvalue weighted by Gasteiger charge is -2.20. The number of nitrogens with zero attached hydrogens (tertiary/aromatic N) is 1. The number of hydrogen-bond donors (Lipinski definition) is 0. The van der Waals surface area contributed by atoms with Gasteiger partial charge in [-0.2, -0.15) is 0 Å². The Bertz CT molecular complexity index is 519. The minimum absolute atomic E-state index is 0.0618. The molecule has 0 unspecified atom stereocenters. The number of benzene rings is 1. The summed E-state index contributed by atoms with van der Waals surface area (Å²) in [6.07, 6.45) is 0.403. The van der Waals surface area contributed by atoms with Gasteiger partial charge in [0.15, 0.2) is 0 Å². The number of hydrogen-bond acceptors (Lipinski definition) is 2. The van der Waals surface area contributed by atoms with Gasteiger partial charge in [-0.15, -0.1) is 0 Å². The monoisotopic (exact) mass is 325 g/mol. The van der Waals surface area contributed by atoms with E-state index in [0.717, 1.165) is 10.5 Å². The molecule has 23 heavy (non-hydrogen) atoms. The van der Waals surface area contributed by atoms with Crippen molar-refractivity contribution in [1.82, 2.24) is 4.90 Å². The van der Waals surface area contributed by atoms with E-state index in [4.69, 9.17) is 4.74 Å². The first-order chi connectivity index (χ1) is 10.7. The molecule has 0 fully saturated rings. The van der Waals surface area contributed by atoms with Crippen molar-refractivity contribution in [3.05, 3.63) is 41.5 Å². The first kappa shape index (κ1) is 19.3. The number of alkyl halides is 2. The molecular formula is C18H25F2NO2. The molecule has 1 aromatic rings. The lowest BCUT2D eigenvalue weighted by Crippen LogP contribution is -2.36. The Kier molecular flexibility index (Phi) is 7.36. The highest BCUT2D eigenvalue weighted by Gasteiger charge is 2.16. The van der Waals surface area contributed by atoms with Crippen LogP contribution in [0.15, 0.2) is 30.3 Å². The van der Waals surface area contributed by atoms with E-state index in [-0.39, 0.29) is 18.6 Å². The molecule has 0 N–H and O–H groups in total. The molecule has 3 nitrogen and oxygen atoms in total. The van der Waals surface area contributed by atoms with Crippen LogP contribution in [0.1, 0.15) is 31.9 Å². The first-order valence-corrected chi connectivity index (χ1v) is 7.58. The summed E-state index contributed by atoms with van der Waals surface area (Å²) < 4.78 is 29.9. The van der Waals surface area contributed by atoms with Crippen LogP contribution in [0.4, 0.5) is 8.78 Å². The van der Waals surface area contributed by atoms with E-state index in [1.165, 1.54) is 18.7 Å². The van der Waals surface area contributed by atoms with Crippen LogP contribution < -0.4 is 0 Å². The van der Waals surface area contributed by atoms with Crippen molar-refractivity contribution in [3.63, 3.8) is 0 Å². The Morgan fingerprint density at radius 3 is 2.35 bits per heavy atom. The maximum Gasteiger partial charge on any atom is 0.255 e. The van der Waals surface area contributed by atoms with Crippen LogP contribution in [0.25, 0.3) is 6.08 Å². The molecule has 0 heterocycles. The minimum Gasteiger partial charge on any atom is -0.383 e. The molecule has 0 aliphatic rings. The van der Waals surface area contributed by atoms with Crippen LogP contribution in [-0.4, -0.2) is 44.0 Å². The van der Waals surface area contributed by atoms with E-state index >= 15 is 0 Å². The molecule has 0 aliphatic carbocycles. The Balaban J connectivity index is 2.74. The smallest absolute Gasteiger partial charge is 0.255 e. The molecule has 0 radical (unpaired) electrons. The van der Waals surface area contributed by atoms with Crippen molar-refractivity contribution >= 4 is 12.0 Å². The van der Waals surface area contributed by atoms with Crippen LogP contribution in [0.2, 0.25) is 0 Å². The highest BCUT2D eigenvalue weighted by molar-refractivity contribution is 5.91. The van der Waals surface area contributed by atoms with Crippen molar-refractivity contribution in [2.24, 2.45) is 0 Å².